The van der Waals surface area contributed by atoms with Crippen molar-refractivity contribution in [1.29, 1.82) is 0 Å². The molecule has 4 aromatic rings. The molecule has 0 spiro atoms. The van der Waals surface area contributed by atoms with Gasteiger partial charge in [0.2, 0.25) is 0 Å². The predicted octanol–water partition coefficient (Wildman–Crippen LogP) is 4.65. The van der Waals surface area contributed by atoms with Crippen LogP contribution in [0.3, 0.4) is 0 Å². The average Bonchev–Trinajstić information content (AvgIpc) is 3.16. The number of benzene rings is 3. The highest BCUT2D eigenvalue weighted by Crippen LogP contribution is 2.27. The van der Waals surface area contributed by atoms with Gasteiger partial charge in [0, 0.05) is 5.39 Å². The van der Waals surface area contributed by atoms with E-state index >= 15 is 0 Å². The van der Waals surface area contributed by atoms with Gasteiger partial charge in [0.25, 0.3) is 5.91 Å². The molecular weight excluding hydrogens is 354 g/mol. The molecule has 0 bridgehead atoms. The second kappa shape index (κ2) is 7.56. The Morgan fingerprint density at radius 1 is 1.07 bits per heavy atom. The summed E-state index contributed by atoms with van der Waals surface area (Å²) in [6.07, 6.45) is 0.757. The first-order valence-electron chi connectivity index (χ1n) is 9.03. The first kappa shape index (κ1) is 17.8. The van der Waals surface area contributed by atoms with E-state index in [0.717, 1.165) is 28.0 Å². The zero-order valence-electron chi connectivity index (χ0n) is 15.3. The minimum atomic E-state index is -0.300. The Hall–Kier alpha value is -3.60. The fraction of sp³-hybridized carbons (Fsp3) is 0.130. The standard InChI is InChI=1S/C23H19NO4/c1-15(22-12-17-7-3-5-9-20(17)28-22)24-23(26)14-27-21-11-10-16-6-2-4-8-18(16)19(21)13-25/h2-13,15H,14H2,1H3,(H,24,26)/t15-/m0/s1. The Morgan fingerprint density at radius 3 is 2.61 bits per heavy atom. The van der Waals surface area contributed by atoms with Crippen molar-refractivity contribution in [3.05, 3.63) is 78.1 Å². The Balaban J connectivity index is 1.44. The number of amides is 1. The first-order valence-corrected chi connectivity index (χ1v) is 9.03. The van der Waals surface area contributed by atoms with Crippen molar-refractivity contribution in [2.24, 2.45) is 0 Å². The lowest BCUT2D eigenvalue weighted by atomic mass is 10.0. The number of aldehydes is 1. The number of fused-ring (bicyclic) bond motifs is 2. The molecule has 1 heterocycles. The monoisotopic (exact) mass is 373 g/mol. The van der Waals surface area contributed by atoms with Crippen LogP contribution in [0.5, 0.6) is 5.75 Å². The van der Waals surface area contributed by atoms with Crippen LogP contribution < -0.4 is 10.1 Å². The van der Waals surface area contributed by atoms with Gasteiger partial charge in [0.1, 0.15) is 17.1 Å². The quantitative estimate of drug-likeness (QED) is 0.499. The summed E-state index contributed by atoms with van der Waals surface area (Å²) < 4.78 is 11.4. The normalized spacial score (nSPS) is 12.0. The van der Waals surface area contributed by atoms with E-state index in [2.05, 4.69) is 5.32 Å². The maximum atomic E-state index is 12.3. The van der Waals surface area contributed by atoms with E-state index in [0.29, 0.717) is 17.1 Å². The minimum Gasteiger partial charge on any atom is -0.483 e. The lowest BCUT2D eigenvalue weighted by molar-refractivity contribution is -0.123. The van der Waals surface area contributed by atoms with E-state index in [9.17, 15) is 9.59 Å². The molecule has 0 radical (unpaired) electrons. The maximum absolute atomic E-state index is 12.3. The van der Waals surface area contributed by atoms with Gasteiger partial charge in [-0.25, -0.2) is 0 Å². The molecule has 28 heavy (non-hydrogen) atoms. The molecule has 5 heteroatoms. The van der Waals surface area contributed by atoms with Gasteiger partial charge in [-0.05, 0) is 35.9 Å². The molecule has 140 valence electrons. The number of carbonyl (C=O) groups excluding carboxylic acids is 2. The van der Waals surface area contributed by atoms with Crippen LogP contribution in [-0.2, 0) is 4.79 Å². The average molecular weight is 373 g/mol. The second-order valence-electron chi connectivity index (χ2n) is 6.58. The molecule has 0 aliphatic heterocycles. The van der Waals surface area contributed by atoms with Crippen LogP contribution in [-0.4, -0.2) is 18.8 Å². The number of furan rings is 1. The Labute approximate surface area is 161 Å². The zero-order chi connectivity index (χ0) is 19.5. The van der Waals surface area contributed by atoms with Crippen LogP contribution >= 0.6 is 0 Å². The largest absolute Gasteiger partial charge is 0.483 e. The summed E-state index contributed by atoms with van der Waals surface area (Å²) in [5.41, 5.74) is 1.22. The fourth-order valence-electron chi connectivity index (χ4n) is 3.24. The lowest BCUT2D eigenvalue weighted by Gasteiger charge is -2.13. The number of rotatable bonds is 6. The van der Waals surface area contributed by atoms with Crippen molar-refractivity contribution < 1.29 is 18.7 Å². The van der Waals surface area contributed by atoms with E-state index in [1.54, 1.807) is 6.07 Å². The summed E-state index contributed by atoms with van der Waals surface area (Å²) >= 11 is 0. The van der Waals surface area contributed by atoms with Crippen LogP contribution in [0.2, 0.25) is 0 Å². The number of hydrogen-bond acceptors (Lipinski definition) is 4. The molecule has 4 rings (SSSR count). The van der Waals surface area contributed by atoms with Crippen LogP contribution in [0.1, 0.15) is 29.1 Å². The molecule has 0 fully saturated rings. The SMILES string of the molecule is C[C@H](NC(=O)COc1ccc2ccccc2c1C=O)c1cc2ccccc2o1. The summed E-state index contributed by atoms with van der Waals surface area (Å²) in [5.74, 6) is 0.770. The molecule has 5 nitrogen and oxygen atoms in total. The van der Waals surface area contributed by atoms with Crippen LogP contribution in [0.15, 0.2) is 71.1 Å². The summed E-state index contributed by atoms with van der Waals surface area (Å²) in [6.45, 7) is 1.66. The van der Waals surface area contributed by atoms with Crippen molar-refractivity contribution in [2.45, 2.75) is 13.0 Å². The fourth-order valence-corrected chi connectivity index (χ4v) is 3.24. The van der Waals surface area contributed by atoms with E-state index < -0.39 is 0 Å². The summed E-state index contributed by atoms with van der Waals surface area (Å²) in [6, 6.07) is 20.4. The molecule has 1 aromatic heterocycles. The number of carbonyl (C=O) groups is 2. The van der Waals surface area contributed by atoms with E-state index in [1.165, 1.54) is 0 Å². The topological polar surface area (TPSA) is 68.5 Å². The maximum Gasteiger partial charge on any atom is 0.258 e. The molecule has 0 saturated heterocycles. The summed E-state index contributed by atoms with van der Waals surface area (Å²) in [5, 5.41) is 5.59. The highest BCUT2D eigenvalue weighted by Gasteiger charge is 2.15. The second-order valence-corrected chi connectivity index (χ2v) is 6.58. The summed E-state index contributed by atoms with van der Waals surface area (Å²) in [7, 11) is 0. The summed E-state index contributed by atoms with van der Waals surface area (Å²) in [4.78, 5) is 23.9. The van der Waals surface area contributed by atoms with Gasteiger partial charge in [-0.3, -0.25) is 9.59 Å². The van der Waals surface area contributed by atoms with Crippen molar-refractivity contribution in [1.82, 2.24) is 5.32 Å². The highest BCUT2D eigenvalue weighted by atomic mass is 16.5. The van der Waals surface area contributed by atoms with Gasteiger partial charge in [-0.1, -0.05) is 48.5 Å². The zero-order valence-corrected chi connectivity index (χ0v) is 15.3. The van der Waals surface area contributed by atoms with E-state index in [-0.39, 0.29) is 18.6 Å². The van der Waals surface area contributed by atoms with Crippen molar-refractivity contribution in [3.63, 3.8) is 0 Å². The van der Waals surface area contributed by atoms with Gasteiger partial charge in [-0.15, -0.1) is 0 Å². The Bertz CT molecular complexity index is 1130. The van der Waals surface area contributed by atoms with Crippen LogP contribution in [0.25, 0.3) is 21.7 Å². The van der Waals surface area contributed by atoms with E-state index in [1.807, 2.05) is 67.6 Å². The van der Waals surface area contributed by atoms with Gasteiger partial charge in [0.05, 0.1) is 11.6 Å². The lowest BCUT2D eigenvalue weighted by Crippen LogP contribution is -2.31. The minimum absolute atomic E-state index is 0.191. The number of para-hydroxylation sites is 1. The van der Waals surface area contributed by atoms with Crippen LogP contribution in [0, 0.1) is 0 Å². The number of ether oxygens (including phenoxy) is 1. The molecule has 0 saturated carbocycles. The Kier molecular flexibility index (Phi) is 4.81. The molecule has 1 N–H and O–H groups in total. The molecule has 0 unspecified atom stereocenters. The Morgan fingerprint density at radius 2 is 1.82 bits per heavy atom. The smallest absolute Gasteiger partial charge is 0.258 e. The number of nitrogens with one attached hydrogen (secondary N) is 1. The molecular formula is C23H19NO4. The molecule has 0 aliphatic rings. The van der Waals surface area contributed by atoms with Gasteiger partial charge in [0.15, 0.2) is 12.9 Å². The molecule has 0 aliphatic carbocycles. The number of hydrogen-bond donors (Lipinski definition) is 1. The van der Waals surface area contributed by atoms with Gasteiger partial charge in [-0.2, -0.15) is 0 Å². The van der Waals surface area contributed by atoms with Gasteiger partial charge >= 0.3 is 0 Å². The van der Waals surface area contributed by atoms with Crippen LogP contribution in [0.4, 0.5) is 0 Å². The third kappa shape index (κ3) is 3.47. The molecule has 3 aromatic carbocycles. The molecule has 1 amide bonds. The van der Waals surface area contributed by atoms with Crippen molar-refractivity contribution in [3.8, 4) is 5.75 Å². The highest BCUT2D eigenvalue weighted by molar-refractivity contribution is 6.00. The van der Waals surface area contributed by atoms with Crippen molar-refractivity contribution in [2.75, 3.05) is 6.61 Å². The first-order chi connectivity index (χ1) is 13.7. The third-order valence-electron chi connectivity index (χ3n) is 4.66. The third-order valence-corrected chi connectivity index (χ3v) is 4.66. The van der Waals surface area contributed by atoms with E-state index in [4.69, 9.17) is 9.15 Å². The molecule has 1 atom stereocenters. The van der Waals surface area contributed by atoms with Crippen molar-refractivity contribution >= 4 is 33.9 Å². The van der Waals surface area contributed by atoms with Gasteiger partial charge < -0.3 is 14.5 Å². The predicted molar refractivity (Wildman–Crippen MR) is 108 cm³/mol.